The number of benzene rings is 1. The predicted molar refractivity (Wildman–Crippen MR) is 77.6 cm³/mol. The Morgan fingerprint density at radius 3 is 2.72 bits per heavy atom. The van der Waals surface area contributed by atoms with Crippen molar-refractivity contribution in [3.63, 3.8) is 0 Å². The molecule has 0 bridgehead atoms. The fourth-order valence-electron chi connectivity index (χ4n) is 3.29. The second-order valence-electron chi connectivity index (χ2n) is 5.17. The molecule has 1 fully saturated rings. The average molecular weight is 261 g/mol. The minimum absolute atomic E-state index is 0.140. The molecule has 3 rings (SSSR count). The molecule has 1 heterocycles. The van der Waals surface area contributed by atoms with Gasteiger partial charge in [-0.05, 0) is 30.4 Å². The van der Waals surface area contributed by atoms with E-state index in [9.17, 15) is 0 Å². The van der Waals surface area contributed by atoms with Crippen molar-refractivity contribution >= 4 is 21.4 Å². The van der Waals surface area contributed by atoms with E-state index in [1.807, 2.05) is 0 Å². The van der Waals surface area contributed by atoms with Crippen LogP contribution >= 0.6 is 11.3 Å². The van der Waals surface area contributed by atoms with E-state index in [0.717, 1.165) is 12.3 Å². The molecule has 18 heavy (non-hydrogen) atoms. The Labute approximate surface area is 112 Å². The van der Waals surface area contributed by atoms with E-state index in [-0.39, 0.29) is 5.41 Å². The second-order valence-corrected chi connectivity index (χ2v) is 6.12. The Hall–Kier alpha value is -1.06. The molecule has 1 aromatic carbocycles. The third kappa shape index (κ3) is 1.65. The van der Waals surface area contributed by atoms with Gasteiger partial charge in [0.05, 0.1) is 7.11 Å². The zero-order valence-electron chi connectivity index (χ0n) is 10.7. The molecule has 2 aromatic rings. The summed E-state index contributed by atoms with van der Waals surface area (Å²) in [6.45, 7) is 0.721. The highest BCUT2D eigenvalue weighted by Crippen LogP contribution is 2.46. The molecule has 96 valence electrons. The van der Waals surface area contributed by atoms with Crippen LogP contribution in [0, 0.1) is 0 Å². The summed E-state index contributed by atoms with van der Waals surface area (Å²) in [5.41, 5.74) is 7.55. The minimum Gasteiger partial charge on any atom is -0.496 e. The molecule has 0 saturated heterocycles. The first-order valence-corrected chi connectivity index (χ1v) is 7.43. The highest BCUT2D eigenvalue weighted by atomic mass is 32.1. The quantitative estimate of drug-likeness (QED) is 0.914. The van der Waals surface area contributed by atoms with Gasteiger partial charge < -0.3 is 10.5 Å². The number of methoxy groups -OCH3 is 1. The average Bonchev–Trinajstić information content (AvgIpc) is 3.06. The molecule has 0 unspecified atom stereocenters. The Balaban J connectivity index is 2.21. The van der Waals surface area contributed by atoms with Gasteiger partial charge in [-0.15, -0.1) is 11.3 Å². The van der Waals surface area contributed by atoms with Crippen molar-refractivity contribution in [2.75, 3.05) is 13.7 Å². The van der Waals surface area contributed by atoms with Crippen molar-refractivity contribution in [2.24, 2.45) is 5.73 Å². The highest BCUT2D eigenvalue weighted by Gasteiger charge is 2.37. The first-order valence-electron chi connectivity index (χ1n) is 6.55. The van der Waals surface area contributed by atoms with Crippen LogP contribution in [0.4, 0.5) is 0 Å². The van der Waals surface area contributed by atoms with Gasteiger partial charge in [0.1, 0.15) is 5.75 Å². The number of hydrogen-bond donors (Lipinski definition) is 1. The SMILES string of the molecule is COc1c(C2(CN)CCCC2)ccc2sccc12. The van der Waals surface area contributed by atoms with Crippen molar-refractivity contribution < 1.29 is 4.74 Å². The van der Waals surface area contributed by atoms with Crippen molar-refractivity contribution in [2.45, 2.75) is 31.1 Å². The summed E-state index contributed by atoms with van der Waals surface area (Å²) >= 11 is 1.76. The van der Waals surface area contributed by atoms with Gasteiger partial charge in [0.15, 0.2) is 0 Å². The van der Waals surface area contributed by atoms with Crippen LogP contribution in [0.25, 0.3) is 10.1 Å². The zero-order chi connectivity index (χ0) is 12.6. The van der Waals surface area contributed by atoms with Gasteiger partial charge in [0.25, 0.3) is 0 Å². The van der Waals surface area contributed by atoms with E-state index in [2.05, 4.69) is 23.6 Å². The highest BCUT2D eigenvalue weighted by molar-refractivity contribution is 7.17. The summed E-state index contributed by atoms with van der Waals surface area (Å²) in [6.07, 6.45) is 4.94. The van der Waals surface area contributed by atoms with Crippen LogP contribution in [-0.2, 0) is 5.41 Å². The molecule has 0 radical (unpaired) electrons. The van der Waals surface area contributed by atoms with Crippen molar-refractivity contribution in [3.8, 4) is 5.75 Å². The van der Waals surface area contributed by atoms with Gasteiger partial charge in [-0.1, -0.05) is 18.9 Å². The van der Waals surface area contributed by atoms with Crippen LogP contribution in [0.15, 0.2) is 23.6 Å². The molecule has 0 atom stereocenters. The number of rotatable bonds is 3. The summed E-state index contributed by atoms with van der Waals surface area (Å²) in [5.74, 6) is 1.04. The molecule has 1 saturated carbocycles. The number of hydrogen-bond acceptors (Lipinski definition) is 3. The van der Waals surface area contributed by atoms with Crippen LogP contribution in [0.3, 0.4) is 0 Å². The summed E-state index contributed by atoms with van der Waals surface area (Å²) in [5, 5.41) is 3.36. The van der Waals surface area contributed by atoms with Crippen LogP contribution in [0.2, 0.25) is 0 Å². The first-order chi connectivity index (χ1) is 8.80. The van der Waals surface area contributed by atoms with E-state index in [0.29, 0.717) is 0 Å². The monoisotopic (exact) mass is 261 g/mol. The topological polar surface area (TPSA) is 35.2 Å². The van der Waals surface area contributed by atoms with Crippen LogP contribution in [0.1, 0.15) is 31.2 Å². The molecule has 1 aliphatic rings. The number of ether oxygens (including phenoxy) is 1. The van der Waals surface area contributed by atoms with Gasteiger partial charge in [-0.25, -0.2) is 0 Å². The van der Waals surface area contributed by atoms with E-state index in [4.69, 9.17) is 10.5 Å². The lowest BCUT2D eigenvalue weighted by molar-refractivity contribution is 0.382. The molecule has 2 N–H and O–H groups in total. The van der Waals surface area contributed by atoms with Gasteiger partial charge in [0, 0.05) is 27.6 Å². The van der Waals surface area contributed by atoms with Gasteiger partial charge in [-0.2, -0.15) is 0 Å². The largest absolute Gasteiger partial charge is 0.496 e. The predicted octanol–water partition coefficient (Wildman–Crippen LogP) is 3.68. The van der Waals surface area contributed by atoms with Gasteiger partial charge in [0.2, 0.25) is 0 Å². The maximum atomic E-state index is 6.09. The van der Waals surface area contributed by atoms with E-state index < -0.39 is 0 Å². The van der Waals surface area contributed by atoms with Crippen molar-refractivity contribution in [3.05, 3.63) is 29.1 Å². The molecule has 0 amide bonds. The Morgan fingerprint density at radius 2 is 2.06 bits per heavy atom. The van der Waals surface area contributed by atoms with Gasteiger partial charge in [-0.3, -0.25) is 0 Å². The van der Waals surface area contributed by atoms with Crippen molar-refractivity contribution in [1.82, 2.24) is 0 Å². The van der Waals surface area contributed by atoms with Crippen LogP contribution < -0.4 is 10.5 Å². The summed E-state index contributed by atoms with van der Waals surface area (Å²) in [7, 11) is 1.77. The Kier molecular flexibility index (Phi) is 3.04. The summed E-state index contributed by atoms with van der Waals surface area (Å²) in [6, 6.07) is 6.60. The maximum Gasteiger partial charge on any atom is 0.131 e. The second kappa shape index (κ2) is 4.56. The maximum absolute atomic E-state index is 6.09. The molecular formula is C15H19NOS. The molecule has 2 nitrogen and oxygen atoms in total. The van der Waals surface area contributed by atoms with E-state index >= 15 is 0 Å². The third-order valence-corrected chi connectivity index (χ3v) is 5.19. The molecule has 0 aliphatic heterocycles. The lowest BCUT2D eigenvalue weighted by Gasteiger charge is -2.29. The minimum atomic E-state index is 0.140. The fraction of sp³-hybridized carbons (Fsp3) is 0.467. The number of nitrogens with two attached hydrogens (primary N) is 1. The molecule has 0 spiro atoms. The summed E-state index contributed by atoms with van der Waals surface area (Å²) in [4.78, 5) is 0. The lowest BCUT2D eigenvalue weighted by Crippen LogP contribution is -2.32. The van der Waals surface area contributed by atoms with Crippen molar-refractivity contribution in [1.29, 1.82) is 0 Å². The fourth-order valence-corrected chi connectivity index (χ4v) is 4.08. The third-order valence-electron chi connectivity index (χ3n) is 4.31. The number of thiophene rings is 1. The van der Waals surface area contributed by atoms with Crippen LogP contribution in [0.5, 0.6) is 5.75 Å². The van der Waals surface area contributed by atoms with Gasteiger partial charge >= 0.3 is 0 Å². The Bertz CT molecular complexity index is 555. The normalized spacial score (nSPS) is 18.3. The number of fused-ring (bicyclic) bond motifs is 1. The molecule has 1 aromatic heterocycles. The van der Waals surface area contributed by atoms with E-state index in [1.54, 1.807) is 18.4 Å². The Morgan fingerprint density at radius 1 is 1.28 bits per heavy atom. The van der Waals surface area contributed by atoms with Crippen LogP contribution in [-0.4, -0.2) is 13.7 Å². The molecule has 3 heteroatoms. The first kappa shape index (κ1) is 12.0. The zero-order valence-corrected chi connectivity index (χ0v) is 11.6. The van der Waals surface area contributed by atoms with E-state index in [1.165, 1.54) is 41.3 Å². The smallest absolute Gasteiger partial charge is 0.131 e. The molecule has 1 aliphatic carbocycles. The standard InChI is InChI=1S/C15H19NOS/c1-17-14-11-6-9-18-13(11)5-4-12(14)15(10-16)7-2-3-8-15/h4-6,9H,2-3,7-8,10,16H2,1H3. The summed E-state index contributed by atoms with van der Waals surface area (Å²) < 4.78 is 7.00. The lowest BCUT2D eigenvalue weighted by atomic mass is 9.78. The molecular weight excluding hydrogens is 242 g/mol.